The molecule has 1 aliphatic carbocycles. The lowest BCUT2D eigenvalue weighted by molar-refractivity contribution is -0.169. The summed E-state index contributed by atoms with van der Waals surface area (Å²) in [5.41, 5.74) is -0.645. The molecule has 0 saturated carbocycles. The molecule has 0 aromatic carbocycles. The average molecular weight is 282 g/mol. The van der Waals surface area contributed by atoms with Gasteiger partial charge in [0.25, 0.3) is 0 Å². The molecule has 6 nitrogen and oxygen atoms in total. The Morgan fingerprint density at radius 3 is 2.35 bits per heavy atom. The second-order valence-corrected chi connectivity index (χ2v) is 4.43. The molecule has 0 saturated heterocycles. The number of esters is 3. The first-order chi connectivity index (χ1) is 9.46. The predicted octanol–water partition coefficient (Wildman–Crippen LogP) is 1.16. The van der Waals surface area contributed by atoms with Gasteiger partial charge in [0.15, 0.2) is 5.41 Å². The minimum atomic E-state index is -1.36. The fourth-order valence-electron chi connectivity index (χ4n) is 2.08. The van der Waals surface area contributed by atoms with Crippen LogP contribution in [-0.2, 0) is 28.6 Å². The van der Waals surface area contributed by atoms with Crippen molar-refractivity contribution in [2.45, 2.75) is 19.8 Å². The molecule has 0 spiro atoms. The zero-order chi connectivity index (χ0) is 15.2. The van der Waals surface area contributed by atoms with E-state index in [1.807, 2.05) is 0 Å². The van der Waals surface area contributed by atoms with Crippen LogP contribution in [0.2, 0.25) is 0 Å². The Balaban J connectivity index is 2.94. The van der Waals surface area contributed by atoms with Gasteiger partial charge in [-0.25, -0.2) is 0 Å². The van der Waals surface area contributed by atoms with Crippen molar-refractivity contribution in [3.8, 4) is 0 Å². The molecule has 0 bridgehead atoms. The van der Waals surface area contributed by atoms with Crippen LogP contribution in [-0.4, -0.2) is 38.7 Å². The van der Waals surface area contributed by atoms with Gasteiger partial charge in [-0.1, -0.05) is 12.2 Å². The summed E-state index contributed by atoms with van der Waals surface area (Å²) in [6.45, 7) is 1.40. The molecule has 0 aromatic rings. The van der Waals surface area contributed by atoms with Crippen LogP contribution in [0.4, 0.5) is 0 Å². The van der Waals surface area contributed by atoms with E-state index in [2.05, 4.69) is 0 Å². The largest absolute Gasteiger partial charge is 0.468 e. The van der Waals surface area contributed by atoms with E-state index in [9.17, 15) is 14.4 Å². The third-order valence-corrected chi connectivity index (χ3v) is 3.09. The molecule has 110 valence electrons. The van der Waals surface area contributed by atoms with Gasteiger partial charge in [0.2, 0.25) is 0 Å². The smallest absolute Gasteiger partial charge is 0.323 e. The molecule has 20 heavy (non-hydrogen) atoms. The highest BCUT2D eigenvalue weighted by Gasteiger charge is 2.48. The normalized spacial score (nSPS) is 18.4. The summed E-state index contributed by atoms with van der Waals surface area (Å²) in [6.07, 6.45) is 5.52. The molecule has 0 radical (unpaired) electrons. The van der Waals surface area contributed by atoms with Crippen LogP contribution in [0.25, 0.3) is 0 Å². The zero-order valence-electron chi connectivity index (χ0n) is 11.8. The third kappa shape index (κ3) is 3.46. The van der Waals surface area contributed by atoms with Gasteiger partial charge in [-0.3, -0.25) is 14.4 Å². The summed E-state index contributed by atoms with van der Waals surface area (Å²) in [5, 5.41) is 0. The first kappa shape index (κ1) is 15.9. The monoisotopic (exact) mass is 282 g/mol. The van der Waals surface area contributed by atoms with Crippen molar-refractivity contribution in [3.05, 3.63) is 23.8 Å². The van der Waals surface area contributed by atoms with Gasteiger partial charge in [0, 0.05) is 6.92 Å². The van der Waals surface area contributed by atoms with E-state index in [1.54, 1.807) is 18.2 Å². The molecular formula is C14H18O6. The molecule has 1 rings (SSSR count). The van der Waals surface area contributed by atoms with Crippen molar-refractivity contribution >= 4 is 17.9 Å². The summed E-state index contributed by atoms with van der Waals surface area (Å²) >= 11 is 0. The molecular weight excluding hydrogens is 264 g/mol. The number of allylic oxidation sites excluding steroid dienone is 3. The highest BCUT2D eigenvalue weighted by molar-refractivity contribution is 6.00. The second kappa shape index (κ2) is 6.88. The van der Waals surface area contributed by atoms with E-state index in [4.69, 9.17) is 14.2 Å². The minimum absolute atomic E-state index is 0.0907. The van der Waals surface area contributed by atoms with Crippen LogP contribution >= 0.6 is 0 Å². The maximum atomic E-state index is 11.9. The molecule has 0 heterocycles. The van der Waals surface area contributed by atoms with Crippen molar-refractivity contribution in [1.82, 2.24) is 0 Å². The van der Waals surface area contributed by atoms with E-state index in [-0.39, 0.29) is 19.4 Å². The summed E-state index contributed by atoms with van der Waals surface area (Å²) in [5.74, 6) is -1.66. The van der Waals surface area contributed by atoms with E-state index in [0.29, 0.717) is 5.57 Å². The summed E-state index contributed by atoms with van der Waals surface area (Å²) < 4.78 is 14.2. The van der Waals surface area contributed by atoms with E-state index >= 15 is 0 Å². The van der Waals surface area contributed by atoms with E-state index < -0.39 is 23.3 Å². The fourth-order valence-corrected chi connectivity index (χ4v) is 2.08. The number of ether oxygens (including phenoxy) is 3. The summed E-state index contributed by atoms with van der Waals surface area (Å²) in [6, 6.07) is 0. The highest BCUT2D eigenvalue weighted by atomic mass is 16.5. The molecule has 0 aliphatic heterocycles. The number of rotatable bonds is 4. The lowest BCUT2D eigenvalue weighted by atomic mass is 9.75. The summed E-state index contributed by atoms with van der Waals surface area (Å²) in [7, 11) is 2.46. The Bertz CT molecular complexity index is 444. The van der Waals surface area contributed by atoms with E-state index in [0.717, 1.165) is 0 Å². The van der Waals surface area contributed by atoms with Crippen LogP contribution in [0.5, 0.6) is 0 Å². The Hall–Kier alpha value is -2.11. The number of carbonyl (C=O) groups excluding carboxylic acids is 3. The molecule has 0 atom stereocenters. The summed E-state index contributed by atoms with van der Waals surface area (Å²) in [4.78, 5) is 34.6. The van der Waals surface area contributed by atoms with Crippen molar-refractivity contribution < 1.29 is 28.6 Å². The highest BCUT2D eigenvalue weighted by Crippen LogP contribution is 2.37. The number of hydrogen-bond acceptors (Lipinski definition) is 6. The Kier molecular flexibility index (Phi) is 5.49. The molecule has 0 aromatic heterocycles. The van der Waals surface area contributed by atoms with Crippen LogP contribution in [0.3, 0.4) is 0 Å². The topological polar surface area (TPSA) is 78.9 Å². The second-order valence-electron chi connectivity index (χ2n) is 4.43. The van der Waals surface area contributed by atoms with Crippen molar-refractivity contribution in [3.63, 3.8) is 0 Å². The van der Waals surface area contributed by atoms with Gasteiger partial charge in [0.1, 0.15) is 6.61 Å². The minimum Gasteiger partial charge on any atom is -0.468 e. The molecule has 6 heteroatoms. The van der Waals surface area contributed by atoms with Crippen molar-refractivity contribution in [2.24, 2.45) is 5.41 Å². The standard InChI is InChI=1S/C14H18O6/c1-10(15)20-8-6-11-5-4-7-14(9-11,12(16)18-2)13(17)19-3/h4-6H,7-9H2,1-3H3/b11-6+. The Labute approximate surface area is 117 Å². The predicted molar refractivity (Wildman–Crippen MR) is 69.6 cm³/mol. The third-order valence-electron chi connectivity index (χ3n) is 3.09. The lowest BCUT2D eigenvalue weighted by Gasteiger charge is -2.30. The average Bonchev–Trinajstić information content (AvgIpc) is 2.45. The molecule has 0 N–H and O–H groups in total. The van der Waals surface area contributed by atoms with Gasteiger partial charge < -0.3 is 14.2 Å². The maximum absolute atomic E-state index is 11.9. The number of hydrogen-bond donors (Lipinski definition) is 0. The van der Waals surface area contributed by atoms with Gasteiger partial charge in [0.05, 0.1) is 14.2 Å². The lowest BCUT2D eigenvalue weighted by Crippen LogP contribution is -2.42. The van der Waals surface area contributed by atoms with Gasteiger partial charge in [-0.15, -0.1) is 0 Å². The molecule has 1 aliphatic rings. The first-order valence-corrected chi connectivity index (χ1v) is 6.12. The van der Waals surface area contributed by atoms with Crippen molar-refractivity contribution in [2.75, 3.05) is 20.8 Å². The SMILES string of the molecule is COC(=O)C1(C(=O)OC)CC=C/C(=C\COC(C)=O)C1. The van der Waals surface area contributed by atoms with Crippen LogP contribution < -0.4 is 0 Å². The van der Waals surface area contributed by atoms with Crippen LogP contribution in [0, 0.1) is 5.41 Å². The van der Waals surface area contributed by atoms with E-state index in [1.165, 1.54) is 21.1 Å². The fraction of sp³-hybridized carbons (Fsp3) is 0.500. The quantitative estimate of drug-likeness (QED) is 0.437. The maximum Gasteiger partial charge on any atom is 0.323 e. The van der Waals surface area contributed by atoms with Gasteiger partial charge in [-0.2, -0.15) is 0 Å². The van der Waals surface area contributed by atoms with Gasteiger partial charge in [-0.05, 0) is 24.5 Å². The van der Waals surface area contributed by atoms with Gasteiger partial charge >= 0.3 is 17.9 Å². The number of carbonyl (C=O) groups is 3. The van der Waals surface area contributed by atoms with Crippen molar-refractivity contribution in [1.29, 1.82) is 0 Å². The Morgan fingerprint density at radius 2 is 1.85 bits per heavy atom. The molecule has 0 amide bonds. The van der Waals surface area contributed by atoms with Crippen LogP contribution in [0.15, 0.2) is 23.8 Å². The Morgan fingerprint density at radius 1 is 1.25 bits per heavy atom. The molecule has 0 fully saturated rings. The molecule has 0 unspecified atom stereocenters. The van der Waals surface area contributed by atoms with Crippen LogP contribution in [0.1, 0.15) is 19.8 Å². The zero-order valence-corrected chi connectivity index (χ0v) is 11.8. The first-order valence-electron chi connectivity index (χ1n) is 6.12. The number of methoxy groups -OCH3 is 2.